The first kappa shape index (κ1) is 21.3. The molecule has 1 atom stereocenters. The Morgan fingerprint density at radius 1 is 1.09 bits per heavy atom. The molecular formula is C25H28N6O2. The van der Waals surface area contributed by atoms with Crippen LogP contribution in [0, 0.1) is 20.8 Å². The van der Waals surface area contributed by atoms with Crippen LogP contribution >= 0.6 is 0 Å². The normalized spacial score (nSPS) is 18.1. The molecule has 2 aliphatic heterocycles. The summed E-state index contributed by atoms with van der Waals surface area (Å²) in [5.74, 6) is 1.56. The van der Waals surface area contributed by atoms with Gasteiger partial charge in [-0.3, -0.25) is 14.5 Å². The summed E-state index contributed by atoms with van der Waals surface area (Å²) >= 11 is 0. The van der Waals surface area contributed by atoms with Crippen LogP contribution in [0.3, 0.4) is 0 Å². The largest absolute Gasteiger partial charge is 0.338 e. The molecule has 0 radical (unpaired) electrons. The molecule has 0 bridgehead atoms. The molecule has 0 spiro atoms. The fourth-order valence-electron chi connectivity index (χ4n) is 4.85. The molecule has 3 aromatic rings. The minimum atomic E-state index is 0.0183. The van der Waals surface area contributed by atoms with Crippen molar-refractivity contribution in [3.8, 4) is 5.69 Å². The van der Waals surface area contributed by atoms with Gasteiger partial charge in [-0.25, -0.2) is 14.6 Å². The zero-order valence-corrected chi connectivity index (χ0v) is 19.5. The average molecular weight is 445 g/mol. The van der Waals surface area contributed by atoms with Crippen molar-refractivity contribution in [2.45, 2.75) is 46.0 Å². The van der Waals surface area contributed by atoms with Crippen LogP contribution < -0.4 is 4.90 Å². The maximum absolute atomic E-state index is 13.3. The van der Waals surface area contributed by atoms with Crippen molar-refractivity contribution in [3.05, 3.63) is 64.4 Å². The number of aryl methyl sites for hydroxylation is 3. The number of amides is 2. The summed E-state index contributed by atoms with van der Waals surface area (Å²) in [5, 5.41) is 4.51. The second kappa shape index (κ2) is 8.10. The average Bonchev–Trinajstić information content (AvgIpc) is 3.31. The molecule has 1 fully saturated rings. The Morgan fingerprint density at radius 3 is 2.55 bits per heavy atom. The van der Waals surface area contributed by atoms with Gasteiger partial charge in [0.1, 0.15) is 11.6 Å². The first-order valence-corrected chi connectivity index (χ1v) is 11.4. The Balaban J connectivity index is 1.34. The number of hydrogen-bond donors (Lipinski definition) is 0. The molecule has 170 valence electrons. The van der Waals surface area contributed by atoms with Crippen LogP contribution in [0.15, 0.2) is 30.3 Å². The number of piperidine rings is 1. The van der Waals surface area contributed by atoms with Crippen LogP contribution in [0.25, 0.3) is 5.69 Å². The van der Waals surface area contributed by atoms with Gasteiger partial charge in [0.2, 0.25) is 5.91 Å². The Hall–Kier alpha value is -3.55. The predicted molar refractivity (Wildman–Crippen MR) is 125 cm³/mol. The molecule has 2 aliphatic rings. The highest BCUT2D eigenvalue weighted by Crippen LogP contribution is 2.32. The van der Waals surface area contributed by atoms with Gasteiger partial charge in [-0.2, -0.15) is 5.10 Å². The number of likely N-dealkylation sites (tertiary alicyclic amines) is 1. The lowest BCUT2D eigenvalue weighted by Gasteiger charge is -2.32. The lowest BCUT2D eigenvalue weighted by molar-refractivity contribution is -0.117. The monoisotopic (exact) mass is 444 g/mol. The van der Waals surface area contributed by atoms with E-state index in [2.05, 4.69) is 5.10 Å². The Kier molecular flexibility index (Phi) is 5.23. The van der Waals surface area contributed by atoms with Crippen molar-refractivity contribution >= 4 is 17.6 Å². The fraction of sp³-hybridized carbons (Fsp3) is 0.400. The van der Waals surface area contributed by atoms with Gasteiger partial charge in [-0.1, -0.05) is 0 Å². The summed E-state index contributed by atoms with van der Waals surface area (Å²) in [6.45, 7) is 7.22. The third kappa shape index (κ3) is 3.79. The molecule has 2 aromatic heterocycles. The lowest BCUT2D eigenvalue weighted by Crippen LogP contribution is -2.39. The number of carbonyl (C=O) groups excluding carboxylic acids is 2. The number of fused-ring (bicyclic) bond motifs is 1. The summed E-state index contributed by atoms with van der Waals surface area (Å²) < 4.78 is 1.88. The zero-order valence-electron chi connectivity index (χ0n) is 19.5. The smallest absolute Gasteiger partial charge is 0.253 e. The topological polar surface area (TPSA) is 84.2 Å². The van der Waals surface area contributed by atoms with Crippen LogP contribution in [-0.4, -0.2) is 56.6 Å². The van der Waals surface area contributed by atoms with Crippen LogP contribution in [0.5, 0.6) is 0 Å². The molecule has 1 aromatic carbocycles. The maximum Gasteiger partial charge on any atom is 0.253 e. The SMILES string of the molecule is Cc1cc(C)n(-c2ccc(C(=O)N3CCC[C@H](c4nc(C)c5c(n4)N(C)C(=O)C5)C3)cc2)n1. The molecule has 0 N–H and O–H groups in total. The predicted octanol–water partition coefficient (Wildman–Crippen LogP) is 3.13. The summed E-state index contributed by atoms with van der Waals surface area (Å²) in [6, 6.07) is 9.65. The van der Waals surface area contributed by atoms with E-state index in [-0.39, 0.29) is 17.7 Å². The lowest BCUT2D eigenvalue weighted by atomic mass is 9.96. The van der Waals surface area contributed by atoms with Crippen molar-refractivity contribution in [1.29, 1.82) is 0 Å². The number of nitrogens with zero attached hydrogens (tertiary/aromatic N) is 6. The van der Waals surface area contributed by atoms with E-state index in [1.54, 1.807) is 11.9 Å². The third-order valence-corrected chi connectivity index (χ3v) is 6.67. The summed E-state index contributed by atoms with van der Waals surface area (Å²) in [4.78, 5) is 38.3. The number of rotatable bonds is 3. The van der Waals surface area contributed by atoms with Gasteiger partial charge >= 0.3 is 0 Å². The van der Waals surface area contributed by atoms with Crippen LogP contribution in [0.2, 0.25) is 0 Å². The van der Waals surface area contributed by atoms with E-state index >= 15 is 0 Å². The van der Waals surface area contributed by atoms with Crippen molar-refractivity contribution in [2.24, 2.45) is 0 Å². The minimum absolute atomic E-state index is 0.0183. The Bertz CT molecular complexity index is 1250. The van der Waals surface area contributed by atoms with Gasteiger partial charge < -0.3 is 4.90 Å². The van der Waals surface area contributed by atoms with Crippen LogP contribution in [0.1, 0.15) is 57.6 Å². The number of anilines is 1. The highest BCUT2D eigenvalue weighted by molar-refractivity contribution is 6.00. The zero-order chi connectivity index (χ0) is 23.3. The molecule has 1 saturated heterocycles. The minimum Gasteiger partial charge on any atom is -0.338 e. The van der Waals surface area contributed by atoms with E-state index in [0.717, 1.165) is 53.5 Å². The van der Waals surface area contributed by atoms with E-state index in [9.17, 15) is 9.59 Å². The summed E-state index contributed by atoms with van der Waals surface area (Å²) in [5.41, 5.74) is 5.40. The molecule has 8 heteroatoms. The number of carbonyl (C=O) groups is 2. The molecule has 2 amide bonds. The van der Waals surface area contributed by atoms with Crippen molar-refractivity contribution in [1.82, 2.24) is 24.6 Å². The standard InChI is InChI=1S/C25H28N6O2/c1-15-12-16(2)31(28-15)20-9-7-18(8-10-20)25(33)30-11-5-6-19(14-30)23-26-17(3)21-13-22(32)29(4)24(21)27-23/h7-10,12,19H,5-6,11,13-14H2,1-4H3/t19-/m0/s1. The highest BCUT2D eigenvalue weighted by Gasteiger charge is 2.32. The quantitative estimate of drug-likeness (QED) is 0.620. The van der Waals surface area contributed by atoms with Gasteiger partial charge in [0.05, 0.1) is 17.8 Å². The van der Waals surface area contributed by atoms with E-state index in [0.29, 0.717) is 24.3 Å². The summed E-state index contributed by atoms with van der Waals surface area (Å²) in [7, 11) is 1.76. The summed E-state index contributed by atoms with van der Waals surface area (Å²) in [6.07, 6.45) is 2.19. The Labute approximate surface area is 193 Å². The number of aromatic nitrogens is 4. The third-order valence-electron chi connectivity index (χ3n) is 6.67. The fourth-order valence-corrected chi connectivity index (χ4v) is 4.85. The molecule has 4 heterocycles. The highest BCUT2D eigenvalue weighted by atomic mass is 16.2. The van der Waals surface area contributed by atoms with Gasteiger partial charge in [-0.05, 0) is 63.9 Å². The molecule has 0 aliphatic carbocycles. The van der Waals surface area contributed by atoms with E-state index in [1.807, 2.05) is 60.7 Å². The maximum atomic E-state index is 13.3. The Morgan fingerprint density at radius 2 is 1.85 bits per heavy atom. The van der Waals surface area contributed by atoms with Gasteiger partial charge in [0.25, 0.3) is 5.91 Å². The molecule has 0 saturated carbocycles. The van der Waals surface area contributed by atoms with Gasteiger partial charge in [0.15, 0.2) is 0 Å². The molecule has 5 rings (SSSR count). The number of benzene rings is 1. The molecular weight excluding hydrogens is 416 g/mol. The molecule has 0 unspecified atom stereocenters. The first-order chi connectivity index (χ1) is 15.8. The van der Waals surface area contributed by atoms with Crippen molar-refractivity contribution in [3.63, 3.8) is 0 Å². The van der Waals surface area contributed by atoms with E-state index < -0.39 is 0 Å². The second-order valence-electron chi connectivity index (χ2n) is 9.08. The molecule has 33 heavy (non-hydrogen) atoms. The van der Waals surface area contributed by atoms with E-state index in [1.165, 1.54) is 0 Å². The first-order valence-electron chi connectivity index (χ1n) is 11.4. The van der Waals surface area contributed by atoms with Gasteiger partial charge in [-0.15, -0.1) is 0 Å². The number of likely N-dealkylation sites (N-methyl/N-ethyl adjacent to an activating group) is 1. The number of hydrogen-bond acceptors (Lipinski definition) is 5. The second-order valence-corrected chi connectivity index (χ2v) is 9.08. The van der Waals surface area contributed by atoms with Gasteiger partial charge in [0, 0.05) is 48.6 Å². The van der Waals surface area contributed by atoms with E-state index in [4.69, 9.17) is 9.97 Å². The van der Waals surface area contributed by atoms with Crippen LogP contribution in [0.4, 0.5) is 5.82 Å². The van der Waals surface area contributed by atoms with Crippen molar-refractivity contribution < 1.29 is 9.59 Å². The van der Waals surface area contributed by atoms with Crippen LogP contribution in [-0.2, 0) is 11.2 Å². The molecule has 8 nitrogen and oxygen atoms in total. The van der Waals surface area contributed by atoms with Crippen molar-refractivity contribution in [2.75, 3.05) is 25.0 Å².